The Bertz CT molecular complexity index is 998. The first kappa shape index (κ1) is 19.5. The highest BCUT2D eigenvalue weighted by atomic mass is 19.1. The van der Waals surface area contributed by atoms with Gasteiger partial charge in [0.15, 0.2) is 18.2 Å². The number of hydrogen-bond donors (Lipinski definition) is 1. The van der Waals surface area contributed by atoms with Gasteiger partial charge in [-0.1, -0.05) is 48.5 Å². The third-order valence-electron chi connectivity index (χ3n) is 5.49. The third kappa shape index (κ3) is 3.40. The maximum atomic E-state index is 15.0. The SMILES string of the molecule is CNCC[C@H](c1ccccc1)[N+]1([O-])CN(c2ccccc2F)c2cccc(F)c21. The molecule has 1 aliphatic heterocycles. The summed E-state index contributed by atoms with van der Waals surface area (Å²) in [5.41, 5.74) is 1.58. The molecule has 1 unspecified atom stereocenters. The van der Waals surface area contributed by atoms with E-state index >= 15 is 4.39 Å². The van der Waals surface area contributed by atoms with Gasteiger partial charge in [-0.15, -0.1) is 0 Å². The van der Waals surface area contributed by atoms with E-state index in [1.807, 2.05) is 37.4 Å². The summed E-state index contributed by atoms with van der Waals surface area (Å²) < 4.78 is 28.7. The molecule has 0 bridgehead atoms. The molecule has 29 heavy (non-hydrogen) atoms. The molecule has 0 saturated carbocycles. The third-order valence-corrected chi connectivity index (χ3v) is 5.49. The van der Waals surface area contributed by atoms with E-state index in [0.717, 1.165) is 5.56 Å². The highest BCUT2D eigenvalue weighted by Gasteiger charge is 2.45. The number of para-hydroxylation sites is 2. The molecule has 0 spiro atoms. The monoisotopic (exact) mass is 395 g/mol. The summed E-state index contributed by atoms with van der Waals surface area (Å²) in [7, 11) is 1.82. The number of fused-ring (bicyclic) bond motifs is 1. The first-order valence-electron chi connectivity index (χ1n) is 9.65. The van der Waals surface area contributed by atoms with Crippen molar-refractivity contribution >= 4 is 17.1 Å². The average molecular weight is 395 g/mol. The molecule has 0 aromatic heterocycles. The molecular weight excluding hydrogens is 372 g/mol. The van der Waals surface area contributed by atoms with Gasteiger partial charge in [0, 0.05) is 18.5 Å². The molecule has 6 heteroatoms. The fraction of sp³-hybridized carbons (Fsp3) is 0.217. The van der Waals surface area contributed by atoms with Crippen molar-refractivity contribution in [3.05, 3.63) is 95.2 Å². The Labute approximate surface area is 169 Å². The Hall–Kier alpha value is -2.80. The Morgan fingerprint density at radius 1 is 0.931 bits per heavy atom. The molecule has 1 N–H and O–H groups in total. The van der Waals surface area contributed by atoms with Gasteiger partial charge in [-0.25, -0.2) is 8.78 Å². The van der Waals surface area contributed by atoms with Gasteiger partial charge in [0.05, 0.1) is 5.69 Å². The Balaban J connectivity index is 1.87. The molecule has 1 heterocycles. The van der Waals surface area contributed by atoms with Gasteiger partial charge in [-0.05, 0) is 31.3 Å². The first-order chi connectivity index (χ1) is 14.1. The Kier molecular flexibility index (Phi) is 5.32. The minimum atomic E-state index is -0.901. The van der Waals surface area contributed by atoms with Crippen LogP contribution in [0.2, 0.25) is 0 Å². The molecule has 4 rings (SSSR count). The lowest BCUT2D eigenvalue weighted by Crippen LogP contribution is -2.49. The number of nitrogens with one attached hydrogen (secondary N) is 1. The number of hydroxylamine groups is 2. The van der Waals surface area contributed by atoms with Gasteiger partial charge in [-0.2, -0.15) is 0 Å². The van der Waals surface area contributed by atoms with E-state index in [2.05, 4.69) is 5.32 Å². The zero-order chi connectivity index (χ0) is 20.4. The summed E-state index contributed by atoms with van der Waals surface area (Å²) in [5.74, 6) is -1.01. The van der Waals surface area contributed by atoms with Crippen molar-refractivity contribution in [1.29, 1.82) is 0 Å². The predicted octanol–water partition coefficient (Wildman–Crippen LogP) is 5.23. The van der Waals surface area contributed by atoms with Crippen LogP contribution in [0.5, 0.6) is 0 Å². The molecule has 3 aromatic rings. The minimum absolute atomic E-state index is 0.0562. The maximum Gasteiger partial charge on any atom is 0.195 e. The second kappa shape index (κ2) is 7.91. The Morgan fingerprint density at radius 3 is 2.31 bits per heavy atom. The molecule has 2 atom stereocenters. The summed E-state index contributed by atoms with van der Waals surface area (Å²) in [6.07, 6.45) is 0.517. The zero-order valence-electron chi connectivity index (χ0n) is 16.2. The minimum Gasteiger partial charge on any atom is -0.625 e. The van der Waals surface area contributed by atoms with Gasteiger partial charge >= 0.3 is 0 Å². The maximum absolute atomic E-state index is 15.0. The van der Waals surface area contributed by atoms with E-state index in [1.165, 1.54) is 12.1 Å². The van der Waals surface area contributed by atoms with Crippen molar-refractivity contribution in [2.24, 2.45) is 0 Å². The number of hydrogen-bond acceptors (Lipinski definition) is 3. The highest BCUT2D eigenvalue weighted by molar-refractivity contribution is 5.81. The summed E-state index contributed by atoms with van der Waals surface area (Å²) in [5, 5.41) is 17.4. The number of anilines is 2. The molecule has 0 aliphatic carbocycles. The van der Waals surface area contributed by atoms with Crippen LogP contribution in [0.25, 0.3) is 0 Å². The van der Waals surface area contributed by atoms with E-state index < -0.39 is 22.3 Å². The number of benzene rings is 3. The lowest BCUT2D eigenvalue weighted by Gasteiger charge is -2.45. The molecule has 3 aromatic carbocycles. The van der Waals surface area contributed by atoms with Crippen molar-refractivity contribution in [2.45, 2.75) is 12.5 Å². The summed E-state index contributed by atoms with van der Waals surface area (Å²) in [4.78, 5) is 1.59. The van der Waals surface area contributed by atoms with Crippen LogP contribution >= 0.6 is 0 Å². The van der Waals surface area contributed by atoms with E-state index in [0.29, 0.717) is 18.7 Å². The van der Waals surface area contributed by atoms with Crippen LogP contribution in [0.4, 0.5) is 25.8 Å². The second-order valence-corrected chi connectivity index (χ2v) is 7.24. The lowest BCUT2D eigenvalue weighted by atomic mass is 10.0. The number of rotatable bonds is 6. The van der Waals surface area contributed by atoms with Crippen molar-refractivity contribution in [3.63, 3.8) is 0 Å². The van der Waals surface area contributed by atoms with E-state index in [-0.39, 0.29) is 18.0 Å². The van der Waals surface area contributed by atoms with Crippen LogP contribution < -0.4 is 14.9 Å². The van der Waals surface area contributed by atoms with Gasteiger partial charge < -0.3 is 15.2 Å². The topological polar surface area (TPSA) is 38.3 Å². The van der Waals surface area contributed by atoms with Crippen molar-refractivity contribution in [3.8, 4) is 0 Å². The molecule has 0 amide bonds. The number of nitrogens with zero attached hydrogens (tertiary/aromatic N) is 2. The van der Waals surface area contributed by atoms with Gasteiger partial charge in [0.1, 0.15) is 17.5 Å². The van der Waals surface area contributed by atoms with Gasteiger partial charge in [0.2, 0.25) is 0 Å². The summed E-state index contributed by atoms with van der Waals surface area (Å²) >= 11 is 0. The molecule has 0 saturated heterocycles. The average Bonchev–Trinajstić information content (AvgIpc) is 3.04. The van der Waals surface area contributed by atoms with Crippen LogP contribution in [0.15, 0.2) is 72.8 Å². The fourth-order valence-corrected chi connectivity index (χ4v) is 4.16. The molecule has 1 aliphatic rings. The van der Waals surface area contributed by atoms with Crippen LogP contribution in [0.1, 0.15) is 18.0 Å². The van der Waals surface area contributed by atoms with Crippen LogP contribution in [0.3, 0.4) is 0 Å². The normalized spacial score (nSPS) is 19.2. The quantitative estimate of drug-likeness (QED) is 0.459. The summed E-state index contributed by atoms with van der Waals surface area (Å²) in [6, 6.07) is 19.7. The molecule has 0 fully saturated rings. The number of quaternary nitrogens is 1. The molecule has 0 radical (unpaired) electrons. The van der Waals surface area contributed by atoms with Crippen molar-refractivity contribution in [1.82, 2.24) is 9.96 Å². The first-order valence-corrected chi connectivity index (χ1v) is 9.65. The Morgan fingerprint density at radius 2 is 1.59 bits per heavy atom. The van der Waals surface area contributed by atoms with Gasteiger partial charge in [-0.3, -0.25) is 4.90 Å². The van der Waals surface area contributed by atoms with Crippen LogP contribution in [-0.2, 0) is 0 Å². The number of halogens is 2. The molecule has 150 valence electrons. The second-order valence-electron chi connectivity index (χ2n) is 7.24. The molecule has 4 nitrogen and oxygen atoms in total. The highest BCUT2D eigenvalue weighted by Crippen LogP contribution is 2.51. The van der Waals surface area contributed by atoms with Crippen LogP contribution in [-0.4, -0.2) is 20.3 Å². The van der Waals surface area contributed by atoms with E-state index in [1.54, 1.807) is 35.2 Å². The largest absolute Gasteiger partial charge is 0.625 e. The van der Waals surface area contributed by atoms with Gasteiger partial charge in [0.25, 0.3) is 0 Å². The van der Waals surface area contributed by atoms with Crippen molar-refractivity contribution < 1.29 is 8.78 Å². The summed E-state index contributed by atoms with van der Waals surface area (Å²) in [6.45, 7) is 0.506. The van der Waals surface area contributed by atoms with Crippen LogP contribution in [0, 0.1) is 16.8 Å². The smallest absolute Gasteiger partial charge is 0.195 e. The lowest BCUT2D eigenvalue weighted by molar-refractivity contribution is 0.277. The van der Waals surface area contributed by atoms with E-state index in [9.17, 15) is 9.60 Å². The molecular formula is C23H23F2N3O. The predicted molar refractivity (Wildman–Crippen MR) is 113 cm³/mol. The fourth-order valence-electron chi connectivity index (χ4n) is 4.16. The standard InChI is InChI=1S/C23H23F2N3O/c1-26-15-14-22(17-8-3-2-4-9-17)28(29)16-27(20-12-6-5-10-18(20)24)21-13-7-11-19(25)23(21)28/h2-13,22,26H,14-16H2,1H3/t22-,28?/m1/s1. The zero-order valence-corrected chi connectivity index (χ0v) is 16.2. The van der Waals surface area contributed by atoms with Crippen molar-refractivity contribution in [2.75, 3.05) is 25.2 Å². The van der Waals surface area contributed by atoms with E-state index in [4.69, 9.17) is 0 Å².